The first kappa shape index (κ1) is 13.3. The number of hydrogen-bond acceptors (Lipinski definition) is 2. The van der Waals surface area contributed by atoms with E-state index in [1.165, 1.54) is 4.31 Å². The second kappa shape index (κ2) is 4.22. The summed E-state index contributed by atoms with van der Waals surface area (Å²) < 4.78 is 24.8. The van der Waals surface area contributed by atoms with Crippen molar-refractivity contribution in [1.29, 1.82) is 0 Å². The zero-order valence-corrected chi connectivity index (χ0v) is 11.4. The fraction of sp³-hybridized carbons (Fsp3) is 1.00. The van der Waals surface area contributed by atoms with Crippen LogP contribution in [0.4, 0.5) is 0 Å². The Balaban J connectivity index is 2.57. The second-order valence-corrected chi connectivity index (χ2v) is 8.75. The molecule has 1 rings (SSSR count). The third-order valence-electron chi connectivity index (χ3n) is 2.88. The lowest BCUT2D eigenvalue weighted by Gasteiger charge is -2.35. The van der Waals surface area contributed by atoms with E-state index in [0.29, 0.717) is 12.5 Å². The van der Waals surface area contributed by atoms with E-state index in [2.05, 4.69) is 0 Å². The zero-order valence-electron chi connectivity index (χ0n) is 9.83. The van der Waals surface area contributed by atoms with Crippen LogP contribution in [-0.4, -0.2) is 36.4 Å². The summed E-state index contributed by atoms with van der Waals surface area (Å²) in [5, 5.41) is 0.251. The normalized spacial score (nSPS) is 27.9. The monoisotopic (exact) mass is 253 g/mol. The molecule has 1 aliphatic rings. The fourth-order valence-corrected chi connectivity index (χ4v) is 3.58. The first-order valence-corrected chi connectivity index (χ1v) is 7.12. The van der Waals surface area contributed by atoms with Crippen molar-refractivity contribution in [3.8, 4) is 0 Å². The highest BCUT2D eigenvalue weighted by Gasteiger charge is 2.36. The molecule has 0 aromatic carbocycles. The zero-order chi connectivity index (χ0) is 11.9. The van der Waals surface area contributed by atoms with Crippen molar-refractivity contribution in [2.75, 3.05) is 13.6 Å². The second-order valence-electron chi connectivity index (χ2n) is 5.33. The van der Waals surface area contributed by atoms with Crippen LogP contribution in [0.1, 0.15) is 33.6 Å². The molecule has 1 saturated carbocycles. The molecular formula is C10H20ClNO2S. The molecule has 1 aliphatic carbocycles. The van der Waals surface area contributed by atoms with Gasteiger partial charge in [0.15, 0.2) is 0 Å². The average molecular weight is 254 g/mol. The van der Waals surface area contributed by atoms with E-state index in [9.17, 15) is 8.42 Å². The number of nitrogens with zero attached hydrogens (tertiary/aromatic N) is 1. The molecular weight excluding hydrogens is 234 g/mol. The molecule has 0 heterocycles. The first-order chi connectivity index (χ1) is 6.64. The molecule has 0 aromatic heterocycles. The summed E-state index contributed by atoms with van der Waals surface area (Å²) in [5.41, 5.74) is 0. The maximum Gasteiger partial charge on any atom is 0.218 e. The van der Waals surface area contributed by atoms with Gasteiger partial charge >= 0.3 is 0 Å². The quantitative estimate of drug-likeness (QED) is 0.722. The minimum absolute atomic E-state index is 0.251. The van der Waals surface area contributed by atoms with Gasteiger partial charge in [0.05, 0.1) is 4.75 Å². The predicted molar refractivity (Wildman–Crippen MR) is 63.7 cm³/mol. The molecule has 1 fully saturated rings. The Morgan fingerprint density at radius 1 is 1.33 bits per heavy atom. The SMILES string of the molecule is CN(CC1CC(Cl)C1)S(=O)(=O)C(C)(C)C. The van der Waals surface area contributed by atoms with Gasteiger partial charge in [-0.15, -0.1) is 11.6 Å². The first-order valence-electron chi connectivity index (χ1n) is 5.24. The Hall–Kier alpha value is 0.200. The van der Waals surface area contributed by atoms with Gasteiger partial charge in [0.2, 0.25) is 10.0 Å². The van der Waals surface area contributed by atoms with Gasteiger partial charge in [-0.3, -0.25) is 0 Å². The van der Waals surface area contributed by atoms with Crippen molar-refractivity contribution in [3.05, 3.63) is 0 Å². The Bertz CT molecular complexity index is 315. The molecule has 15 heavy (non-hydrogen) atoms. The van der Waals surface area contributed by atoms with Crippen LogP contribution in [0.15, 0.2) is 0 Å². The minimum Gasteiger partial charge on any atom is -0.212 e. The maximum atomic E-state index is 12.0. The lowest BCUT2D eigenvalue weighted by molar-refractivity contribution is 0.266. The van der Waals surface area contributed by atoms with Crippen LogP contribution in [0.2, 0.25) is 0 Å². The van der Waals surface area contributed by atoms with E-state index in [4.69, 9.17) is 11.6 Å². The van der Waals surface area contributed by atoms with Crippen LogP contribution in [-0.2, 0) is 10.0 Å². The van der Waals surface area contributed by atoms with Crippen LogP contribution >= 0.6 is 11.6 Å². The molecule has 0 amide bonds. The summed E-state index contributed by atoms with van der Waals surface area (Å²) in [4.78, 5) is 0. The van der Waals surface area contributed by atoms with Crippen LogP contribution < -0.4 is 0 Å². The van der Waals surface area contributed by atoms with Gasteiger partial charge < -0.3 is 0 Å². The molecule has 5 heteroatoms. The highest BCUT2D eigenvalue weighted by Crippen LogP contribution is 2.33. The third kappa shape index (κ3) is 2.86. The smallest absolute Gasteiger partial charge is 0.212 e. The number of sulfonamides is 1. The Morgan fingerprint density at radius 3 is 2.13 bits per heavy atom. The van der Waals surface area contributed by atoms with Crippen LogP contribution in [0.5, 0.6) is 0 Å². The average Bonchev–Trinajstić information content (AvgIpc) is 1.99. The Kier molecular flexibility index (Phi) is 3.74. The summed E-state index contributed by atoms with van der Waals surface area (Å²) in [6.07, 6.45) is 1.87. The van der Waals surface area contributed by atoms with E-state index in [0.717, 1.165) is 12.8 Å². The number of halogens is 1. The predicted octanol–water partition coefficient (Wildman–Crippen LogP) is 2.06. The third-order valence-corrected chi connectivity index (χ3v) is 5.75. The molecule has 0 radical (unpaired) electrons. The van der Waals surface area contributed by atoms with Crippen molar-refractivity contribution < 1.29 is 8.42 Å². The lowest BCUT2D eigenvalue weighted by Crippen LogP contribution is -2.44. The van der Waals surface area contributed by atoms with E-state index in [-0.39, 0.29) is 5.38 Å². The molecule has 0 aliphatic heterocycles. The van der Waals surface area contributed by atoms with Gasteiger partial charge in [-0.2, -0.15) is 0 Å². The van der Waals surface area contributed by atoms with Crippen molar-refractivity contribution in [1.82, 2.24) is 4.31 Å². The molecule has 90 valence electrons. The highest BCUT2D eigenvalue weighted by molar-refractivity contribution is 7.90. The van der Waals surface area contributed by atoms with Crippen molar-refractivity contribution in [3.63, 3.8) is 0 Å². The molecule has 0 spiro atoms. The van der Waals surface area contributed by atoms with E-state index >= 15 is 0 Å². The Morgan fingerprint density at radius 2 is 1.80 bits per heavy atom. The Labute approximate surface area is 97.8 Å². The minimum atomic E-state index is -3.17. The van der Waals surface area contributed by atoms with E-state index in [1.807, 2.05) is 0 Å². The topological polar surface area (TPSA) is 37.4 Å². The number of hydrogen-bond donors (Lipinski definition) is 0. The summed E-state index contributed by atoms with van der Waals surface area (Å²) in [6.45, 7) is 5.78. The molecule has 0 bridgehead atoms. The van der Waals surface area contributed by atoms with Gasteiger partial charge in [0.25, 0.3) is 0 Å². The van der Waals surface area contributed by atoms with Crippen molar-refractivity contribution >= 4 is 21.6 Å². The van der Waals surface area contributed by atoms with Crippen molar-refractivity contribution in [2.45, 2.75) is 43.7 Å². The molecule has 0 N–H and O–H groups in total. The molecule has 0 aromatic rings. The van der Waals surface area contributed by atoms with E-state index < -0.39 is 14.8 Å². The lowest BCUT2D eigenvalue weighted by atomic mass is 9.85. The van der Waals surface area contributed by atoms with Crippen LogP contribution in [0.3, 0.4) is 0 Å². The van der Waals surface area contributed by atoms with E-state index in [1.54, 1.807) is 27.8 Å². The van der Waals surface area contributed by atoms with Gasteiger partial charge in [-0.05, 0) is 39.5 Å². The molecule has 3 nitrogen and oxygen atoms in total. The summed E-state index contributed by atoms with van der Waals surface area (Å²) in [7, 11) is -1.52. The molecule has 0 saturated heterocycles. The van der Waals surface area contributed by atoms with Gasteiger partial charge in [0, 0.05) is 19.0 Å². The largest absolute Gasteiger partial charge is 0.218 e. The van der Waals surface area contributed by atoms with Gasteiger partial charge in [0.1, 0.15) is 0 Å². The summed E-state index contributed by atoms with van der Waals surface area (Å²) in [5.74, 6) is 0.439. The van der Waals surface area contributed by atoms with Crippen LogP contribution in [0, 0.1) is 5.92 Å². The summed E-state index contributed by atoms with van der Waals surface area (Å²) >= 11 is 5.86. The van der Waals surface area contributed by atoms with Crippen molar-refractivity contribution in [2.24, 2.45) is 5.92 Å². The number of rotatable bonds is 3. The maximum absolute atomic E-state index is 12.0. The standard InChI is InChI=1S/C10H20ClNO2S/c1-10(2,3)15(13,14)12(4)7-8-5-9(11)6-8/h8-9H,5-7H2,1-4H3. The number of alkyl halides is 1. The summed E-state index contributed by atoms with van der Waals surface area (Å²) in [6, 6.07) is 0. The van der Waals surface area contributed by atoms with Crippen LogP contribution in [0.25, 0.3) is 0 Å². The highest BCUT2D eigenvalue weighted by atomic mass is 35.5. The van der Waals surface area contributed by atoms with Gasteiger partial charge in [-0.25, -0.2) is 12.7 Å². The molecule has 0 atom stereocenters. The van der Waals surface area contributed by atoms with Gasteiger partial charge in [-0.1, -0.05) is 0 Å². The fourth-order valence-electron chi connectivity index (χ4n) is 1.73. The molecule has 0 unspecified atom stereocenters.